The maximum absolute atomic E-state index is 4.59. The molecule has 0 spiro atoms. The smallest absolute Gasteiger partial charge is 0.141 e. The molecule has 0 aliphatic carbocycles. The van der Waals surface area contributed by atoms with E-state index in [4.69, 9.17) is 0 Å². The normalized spacial score (nSPS) is 11.1. The van der Waals surface area contributed by atoms with E-state index in [2.05, 4.69) is 68.5 Å². The van der Waals surface area contributed by atoms with Crippen molar-refractivity contribution < 1.29 is 0 Å². The molecule has 6 heteroatoms. The fourth-order valence-corrected chi connectivity index (χ4v) is 4.91. The van der Waals surface area contributed by atoms with Crippen LogP contribution in [0.3, 0.4) is 0 Å². The largest absolute Gasteiger partial charge is 0.253 e. The molecule has 0 saturated heterocycles. The molecule has 4 heterocycles. The predicted octanol–water partition coefficient (Wildman–Crippen LogP) is 7.21. The highest BCUT2D eigenvalue weighted by molar-refractivity contribution is 7.13. The molecule has 0 aliphatic heterocycles. The number of fused-ring (bicyclic) bond motifs is 1. The molecule has 0 amide bonds. The Kier molecular flexibility index (Phi) is 4.79. The van der Waals surface area contributed by atoms with Gasteiger partial charge in [0.25, 0.3) is 0 Å². The molecule has 0 radical (unpaired) electrons. The summed E-state index contributed by atoms with van der Waals surface area (Å²) in [6.07, 6.45) is 7.45. The monoisotopic (exact) mass is 448 g/mol. The van der Waals surface area contributed by atoms with E-state index < -0.39 is 0 Å². The molecule has 32 heavy (non-hydrogen) atoms. The highest BCUT2D eigenvalue weighted by Gasteiger charge is 2.07. The van der Waals surface area contributed by atoms with Crippen LogP contribution < -0.4 is 0 Å². The van der Waals surface area contributed by atoms with Crippen molar-refractivity contribution in [2.24, 2.45) is 0 Å². The summed E-state index contributed by atoms with van der Waals surface area (Å²) in [5.41, 5.74) is 6.31. The van der Waals surface area contributed by atoms with Crippen molar-refractivity contribution in [3.05, 3.63) is 96.2 Å². The quantitative estimate of drug-likeness (QED) is 0.286. The lowest BCUT2D eigenvalue weighted by Gasteiger charge is -2.08. The molecular weight excluding hydrogens is 432 g/mol. The van der Waals surface area contributed by atoms with Crippen molar-refractivity contribution in [1.82, 2.24) is 19.9 Å². The van der Waals surface area contributed by atoms with Crippen molar-refractivity contribution >= 4 is 33.4 Å². The third-order valence-electron chi connectivity index (χ3n) is 5.34. The average molecular weight is 449 g/mol. The summed E-state index contributed by atoms with van der Waals surface area (Å²) in [5, 5.41) is 8.21. The van der Waals surface area contributed by atoms with Gasteiger partial charge in [0.2, 0.25) is 0 Å². The number of aromatic nitrogens is 4. The van der Waals surface area contributed by atoms with E-state index in [0.29, 0.717) is 0 Å². The zero-order chi connectivity index (χ0) is 21.3. The van der Waals surface area contributed by atoms with E-state index in [1.165, 1.54) is 10.8 Å². The first-order valence-corrected chi connectivity index (χ1v) is 11.9. The minimum Gasteiger partial charge on any atom is -0.253 e. The zero-order valence-electron chi connectivity index (χ0n) is 16.8. The summed E-state index contributed by atoms with van der Waals surface area (Å²) in [6, 6.07) is 21.3. The molecule has 6 aromatic rings. The van der Waals surface area contributed by atoms with Gasteiger partial charge < -0.3 is 0 Å². The van der Waals surface area contributed by atoms with E-state index in [1.54, 1.807) is 35.1 Å². The molecule has 0 atom stereocenters. The Balaban J connectivity index is 1.29. The Labute approximate surface area is 193 Å². The Bertz CT molecular complexity index is 1370. The van der Waals surface area contributed by atoms with Gasteiger partial charge in [0.05, 0.1) is 11.4 Å². The van der Waals surface area contributed by atoms with Gasteiger partial charge in [-0.1, -0.05) is 36.4 Å². The van der Waals surface area contributed by atoms with Crippen LogP contribution in [0.15, 0.2) is 96.2 Å². The highest BCUT2D eigenvalue weighted by Crippen LogP contribution is 2.30. The maximum atomic E-state index is 4.59. The second-order valence-electron chi connectivity index (χ2n) is 7.32. The molecule has 4 nitrogen and oxygen atoms in total. The van der Waals surface area contributed by atoms with Gasteiger partial charge >= 0.3 is 0 Å². The molecule has 0 unspecified atom stereocenters. The second-order valence-corrected chi connectivity index (χ2v) is 9.10. The standard InChI is InChI=1S/C26H16N4S2/c1-3-19(21-5-7-23(29-15-21)25-27-9-11-31-25)14-18-2-4-20(13-17(1)18)22-6-8-24(30-16-22)26-28-10-12-32-26/h1-16H. The molecule has 152 valence electrons. The maximum Gasteiger partial charge on any atom is 0.141 e. The van der Waals surface area contributed by atoms with Crippen LogP contribution in [0.4, 0.5) is 0 Å². The van der Waals surface area contributed by atoms with E-state index in [9.17, 15) is 0 Å². The molecule has 4 aromatic heterocycles. The van der Waals surface area contributed by atoms with Crippen LogP contribution in [-0.2, 0) is 0 Å². The van der Waals surface area contributed by atoms with Crippen molar-refractivity contribution in [2.45, 2.75) is 0 Å². The fourth-order valence-electron chi connectivity index (χ4n) is 3.69. The first-order valence-electron chi connectivity index (χ1n) is 10.1. The number of pyridine rings is 2. The number of thiazole rings is 2. The molecule has 0 bridgehead atoms. The van der Waals surface area contributed by atoms with Gasteiger partial charge in [0.15, 0.2) is 0 Å². The molecular formula is C26H16N4S2. The Hall–Kier alpha value is -3.74. The summed E-state index contributed by atoms with van der Waals surface area (Å²) in [7, 11) is 0. The lowest BCUT2D eigenvalue weighted by molar-refractivity contribution is 1.29. The van der Waals surface area contributed by atoms with E-state index >= 15 is 0 Å². The summed E-state index contributed by atoms with van der Waals surface area (Å²) >= 11 is 3.20. The third-order valence-corrected chi connectivity index (χ3v) is 6.93. The van der Waals surface area contributed by atoms with Gasteiger partial charge in [-0.2, -0.15) is 0 Å². The van der Waals surface area contributed by atoms with Crippen LogP contribution in [0.25, 0.3) is 54.4 Å². The Morgan fingerprint density at radius 3 is 1.31 bits per heavy atom. The van der Waals surface area contributed by atoms with Crippen LogP contribution in [0.2, 0.25) is 0 Å². The van der Waals surface area contributed by atoms with Crippen molar-refractivity contribution in [3.63, 3.8) is 0 Å². The SMILES string of the molecule is c1csc(-c2ccc(-c3ccc4cc(-c5ccc(-c6nccs6)nc5)ccc4c3)cn2)n1. The van der Waals surface area contributed by atoms with E-state index in [1.807, 2.05) is 35.3 Å². The summed E-state index contributed by atoms with van der Waals surface area (Å²) in [4.78, 5) is 17.8. The van der Waals surface area contributed by atoms with Gasteiger partial charge in [-0.3, -0.25) is 9.97 Å². The van der Waals surface area contributed by atoms with Gasteiger partial charge in [0, 0.05) is 46.7 Å². The summed E-state index contributed by atoms with van der Waals surface area (Å²) < 4.78 is 0. The molecule has 0 saturated carbocycles. The first-order chi connectivity index (χ1) is 15.8. The molecule has 0 fully saturated rings. The van der Waals surface area contributed by atoms with Gasteiger partial charge in [0.1, 0.15) is 10.0 Å². The van der Waals surface area contributed by atoms with Crippen LogP contribution in [0.5, 0.6) is 0 Å². The van der Waals surface area contributed by atoms with Crippen LogP contribution in [0, 0.1) is 0 Å². The molecule has 2 aromatic carbocycles. The third kappa shape index (κ3) is 3.60. The van der Waals surface area contributed by atoms with Gasteiger partial charge in [-0.15, -0.1) is 22.7 Å². The second kappa shape index (κ2) is 8.07. The Morgan fingerprint density at radius 1 is 0.469 bits per heavy atom. The summed E-state index contributed by atoms with van der Waals surface area (Å²) in [6.45, 7) is 0. The van der Waals surface area contributed by atoms with Crippen molar-refractivity contribution in [2.75, 3.05) is 0 Å². The predicted molar refractivity (Wildman–Crippen MR) is 133 cm³/mol. The highest BCUT2D eigenvalue weighted by atomic mass is 32.1. The number of hydrogen-bond donors (Lipinski definition) is 0. The van der Waals surface area contributed by atoms with Crippen LogP contribution >= 0.6 is 22.7 Å². The van der Waals surface area contributed by atoms with Crippen molar-refractivity contribution in [1.29, 1.82) is 0 Å². The summed E-state index contributed by atoms with van der Waals surface area (Å²) in [5.74, 6) is 0. The minimum absolute atomic E-state index is 0.906. The number of nitrogens with zero attached hydrogens (tertiary/aromatic N) is 4. The lowest BCUT2D eigenvalue weighted by atomic mass is 9.99. The lowest BCUT2D eigenvalue weighted by Crippen LogP contribution is -1.86. The molecule has 6 rings (SSSR count). The number of hydrogen-bond acceptors (Lipinski definition) is 6. The van der Waals surface area contributed by atoms with E-state index in [0.717, 1.165) is 43.7 Å². The fraction of sp³-hybridized carbons (Fsp3) is 0. The van der Waals surface area contributed by atoms with Crippen LogP contribution in [-0.4, -0.2) is 19.9 Å². The van der Waals surface area contributed by atoms with Crippen molar-refractivity contribution in [3.8, 4) is 43.7 Å². The number of benzene rings is 2. The van der Waals surface area contributed by atoms with Crippen LogP contribution in [0.1, 0.15) is 0 Å². The average Bonchev–Trinajstić information content (AvgIpc) is 3.59. The number of rotatable bonds is 4. The van der Waals surface area contributed by atoms with Gasteiger partial charge in [-0.05, 0) is 46.2 Å². The van der Waals surface area contributed by atoms with E-state index in [-0.39, 0.29) is 0 Å². The molecule has 0 aliphatic rings. The molecule has 0 N–H and O–H groups in total. The van der Waals surface area contributed by atoms with Gasteiger partial charge in [-0.25, -0.2) is 9.97 Å². The minimum atomic E-state index is 0.906. The first kappa shape index (κ1) is 19.0. The Morgan fingerprint density at radius 2 is 0.938 bits per heavy atom. The topological polar surface area (TPSA) is 51.6 Å². The zero-order valence-corrected chi connectivity index (χ0v) is 18.5.